The summed E-state index contributed by atoms with van der Waals surface area (Å²) in [6.07, 6.45) is -5.32. The monoisotopic (exact) mass is 526 g/mol. The van der Waals surface area contributed by atoms with Crippen LogP contribution in [0.1, 0.15) is 27.2 Å². The number of ether oxygens (including phenoxy) is 2. The van der Waals surface area contributed by atoms with Gasteiger partial charge in [0.1, 0.15) is 23.0 Å². The first-order chi connectivity index (χ1) is 16.9. The molecule has 6 rings (SSSR count). The van der Waals surface area contributed by atoms with Gasteiger partial charge in [0.15, 0.2) is 17.2 Å². The normalized spacial score (nSPS) is 20.9. The molecule has 3 aromatic rings. The molecule has 3 aliphatic heterocycles. The van der Waals surface area contributed by atoms with E-state index in [-0.39, 0.29) is 35.5 Å². The number of carbonyl (C=O) groups excluding carboxylic acids is 1. The molecule has 0 radical (unpaired) electrons. The molecular weight excluding hydrogens is 501 g/mol. The number of alkyl halides is 3. The molecule has 2 bridgehead atoms. The van der Waals surface area contributed by atoms with Crippen LogP contribution in [0.3, 0.4) is 0 Å². The van der Waals surface area contributed by atoms with Crippen molar-refractivity contribution < 1.29 is 37.0 Å². The van der Waals surface area contributed by atoms with Crippen LogP contribution >= 0.6 is 11.3 Å². The molecule has 0 saturated carbocycles. The third-order valence-electron chi connectivity index (χ3n) is 6.00. The van der Waals surface area contributed by atoms with Crippen LogP contribution in [0.4, 0.5) is 24.0 Å². The van der Waals surface area contributed by atoms with Crippen molar-refractivity contribution in [2.75, 3.05) is 24.6 Å². The molecule has 1 N–H and O–H groups in total. The number of aliphatic hydroxyl groups is 1. The maximum atomic E-state index is 12.8. The Morgan fingerprint density at radius 2 is 2.00 bits per heavy atom. The summed E-state index contributed by atoms with van der Waals surface area (Å²) in [6, 6.07) is 3.28. The van der Waals surface area contributed by atoms with Crippen LogP contribution in [0.2, 0.25) is 0 Å². The van der Waals surface area contributed by atoms with E-state index in [1.807, 2.05) is 25.7 Å². The Bertz CT molecular complexity index is 1250. The van der Waals surface area contributed by atoms with Crippen molar-refractivity contribution >= 4 is 34.5 Å². The average Bonchev–Trinajstić information content (AvgIpc) is 3.45. The Hall–Kier alpha value is -3.06. The second-order valence-electron chi connectivity index (χ2n) is 9.83. The van der Waals surface area contributed by atoms with E-state index in [0.29, 0.717) is 29.2 Å². The number of piperidine rings is 1. The summed E-state index contributed by atoms with van der Waals surface area (Å²) in [5.74, 6) is 0.0566. The smallest absolute Gasteiger partial charge is 0.417 e. The van der Waals surface area contributed by atoms with Gasteiger partial charge in [0, 0.05) is 24.7 Å². The number of piperazine rings is 1. The van der Waals surface area contributed by atoms with Crippen LogP contribution in [-0.2, 0) is 4.74 Å². The molecule has 2 aromatic heterocycles. The Morgan fingerprint density at radius 3 is 2.61 bits per heavy atom. The standard InChI is InChI=1S/C23H25F3N4O5S/c1-22(2,3)35-21(32)30-12-8-13(30)10-29(9-12)20-28-17-15(33-11-16(31)23(24,25)26)5-4-14(18(17)34-20)19-27-6-7-36-19/h4-7,12-13,16,31H,8-11H2,1-3H3. The minimum Gasteiger partial charge on any atom is -0.488 e. The Morgan fingerprint density at radius 1 is 1.28 bits per heavy atom. The first-order valence-corrected chi connectivity index (χ1v) is 12.3. The number of benzene rings is 1. The van der Waals surface area contributed by atoms with Gasteiger partial charge in [-0.1, -0.05) is 0 Å². The molecule has 3 saturated heterocycles. The molecule has 0 aliphatic carbocycles. The number of rotatable bonds is 5. The zero-order valence-electron chi connectivity index (χ0n) is 19.8. The third-order valence-corrected chi connectivity index (χ3v) is 6.81. The molecule has 36 heavy (non-hydrogen) atoms. The number of amides is 1. The predicted molar refractivity (Wildman–Crippen MR) is 125 cm³/mol. The van der Waals surface area contributed by atoms with Crippen molar-refractivity contribution in [1.82, 2.24) is 14.9 Å². The number of nitrogens with zero attached hydrogens (tertiary/aromatic N) is 4. The molecule has 1 aromatic carbocycles. The largest absolute Gasteiger partial charge is 0.488 e. The third kappa shape index (κ3) is 4.69. The fourth-order valence-electron chi connectivity index (χ4n) is 4.39. The lowest BCUT2D eigenvalue weighted by molar-refractivity contribution is -0.210. The second-order valence-corrected chi connectivity index (χ2v) is 10.7. The lowest BCUT2D eigenvalue weighted by Crippen LogP contribution is -2.70. The molecular formula is C23H25F3N4O5S. The van der Waals surface area contributed by atoms with Crippen molar-refractivity contribution in [2.45, 2.75) is 57.2 Å². The van der Waals surface area contributed by atoms with Gasteiger partial charge in [-0.25, -0.2) is 9.78 Å². The highest BCUT2D eigenvalue weighted by Crippen LogP contribution is 2.41. The highest BCUT2D eigenvalue weighted by molar-refractivity contribution is 7.13. The molecule has 13 heteroatoms. The van der Waals surface area contributed by atoms with E-state index >= 15 is 0 Å². The molecule has 3 aliphatic rings. The highest BCUT2D eigenvalue weighted by atomic mass is 32.1. The maximum Gasteiger partial charge on any atom is 0.417 e. The number of carbonyl (C=O) groups is 1. The molecule has 5 heterocycles. The van der Waals surface area contributed by atoms with Crippen LogP contribution in [0, 0.1) is 0 Å². The van der Waals surface area contributed by atoms with Crippen LogP contribution in [-0.4, -0.2) is 75.7 Å². The molecule has 1 amide bonds. The van der Waals surface area contributed by atoms with Crippen molar-refractivity contribution in [1.29, 1.82) is 0 Å². The van der Waals surface area contributed by atoms with Gasteiger partial charge in [0.05, 0.1) is 17.6 Å². The quantitative estimate of drug-likeness (QED) is 0.521. The summed E-state index contributed by atoms with van der Waals surface area (Å²) in [5, 5.41) is 11.8. The van der Waals surface area contributed by atoms with E-state index in [1.165, 1.54) is 17.4 Å². The molecule has 194 valence electrons. The molecule has 9 nitrogen and oxygen atoms in total. The molecule has 3 atom stereocenters. The van der Waals surface area contributed by atoms with Gasteiger partial charge < -0.3 is 23.9 Å². The van der Waals surface area contributed by atoms with Crippen LogP contribution in [0.5, 0.6) is 5.75 Å². The van der Waals surface area contributed by atoms with E-state index in [0.717, 1.165) is 6.42 Å². The van der Waals surface area contributed by atoms with Crippen molar-refractivity contribution in [2.24, 2.45) is 0 Å². The number of hydrogen-bond acceptors (Lipinski definition) is 9. The van der Waals surface area contributed by atoms with E-state index in [9.17, 15) is 23.1 Å². The highest BCUT2D eigenvalue weighted by Gasteiger charge is 2.49. The first-order valence-electron chi connectivity index (χ1n) is 11.4. The van der Waals surface area contributed by atoms with E-state index in [4.69, 9.17) is 13.9 Å². The predicted octanol–water partition coefficient (Wildman–Crippen LogP) is 4.45. The van der Waals surface area contributed by atoms with Crippen molar-refractivity contribution in [3.8, 4) is 16.3 Å². The number of oxazole rings is 1. The summed E-state index contributed by atoms with van der Waals surface area (Å²) in [6.45, 7) is 5.42. The Balaban J connectivity index is 1.41. The molecule has 0 spiro atoms. The van der Waals surface area contributed by atoms with Gasteiger partial charge in [-0.15, -0.1) is 11.3 Å². The van der Waals surface area contributed by atoms with E-state index in [2.05, 4.69) is 9.97 Å². The number of aromatic nitrogens is 2. The number of halogens is 3. The summed E-state index contributed by atoms with van der Waals surface area (Å²) in [7, 11) is 0. The molecule has 3 fully saturated rings. The lowest BCUT2D eigenvalue weighted by Gasteiger charge is -2.55. The van der Waals surface area contributed by atoms with Gasteiger partial charge >= 0.3 is 12.3 Å². The summed E-state index contributed by atoms with van der Waals surface area (Å²) in [4.78, 5) is 25.1. The van der Waals surface area contributed by atoms with Crippen LogP contribution in [0.15, 0.2) is 28.1 Å². The number of aliphatic hydroxyl groups excluding tert-OH is 1. The summed E-state index contributed by atoms with van der Waals surface area (Å²) in [5.41, 5.74) is 0.584. The van der Waals surface area contributed by atoms with Crippen LogP contribution < -0.4 is 9.64 Å². The fraction of sp³-hybridized carbons (Fsp3) is 0.522. The number of fused-ring (bicyclic) bond motifs is 3. The minimum absolute atomic E-state index is 0.0566. The van der Waals surface area contributed by atoms with Crippen molar-refractivity contribution in [3.05, 3.63) is 23.7 Å². The van der Waals surface area contributed by atoms with Crippen molar-refractivity contribution in [3.63, 3.8) is 0 Å². The van der Waals surface area contributed by atoms with Crippen LogP contribution in [0.25, 0.3) is 21.7 Å². The zero-order chi connectivity index (χ0) is 25.8. The Labute approximate surface area is 208 Å². The second kappa shape index (κ2) is 8.80. The lowest BCUT2D eigenvalue weighted by atomic mass is 9.88. The van der Waals surface area contributed by atoms with Gasteiger partial charge in [0.2, 0.25) is 0 Å². The van der Waals surface area contributed by atoms with Gasteiger partial charge in [0.25, 0.3) is 6.01 Å². The summed E-state index contributed by atoms with van der Waals surface area (Å²) < 4.78 is 55.2. The average molecular weight is 527 g/mol. The minimum atomic E-state index is -4.80. The Kier molecular flexibility index (Phi) is 6.02. The number of thiazole rings is 1. The van der Waals surface area contributed by atoms with E-state index < -0.39 is 24.5 Å². The van der Waals surface area contributed by atoms with Gasteiger partial charge in [-0.05, 0) is 39.3 Å². The zero-order valence-corrected chi connectivity index (χ0v) is 20.6. The maximum absolute atomic E-state index is 12.8. The van der Waals surface area contributed by atoms with Gasteiger partial charge in [-0.2, -0.15) is 18.2 Å². The summed E-state index contributed by atoms with van der Waals surface area (Å²) >= 11 is 1.38. The number of hydrogen-bond donors (Lipinski definition) is 1. The molecule has 3 unspecified atom stereocenters. The first kappa shape index (κ1) is 24.6. The fourth-order valence-corrected chi connectivity index (χ4v) is 5.05. The number of anilines is 1. The topological polar surface area (TPSA) is 101 Å². The SMILES string of the molecule is CC(C)(C)OC(=O)N1C2CC1CN(c1nc3c(OCC(O)C(F)(F)F)ccc(-c4nccs4)c3o1)C2. The van der Waals surface area contributed by atoms with Gasteiger partial charge in [-0.3, -0.25) is 4.90 Å². The van der Waals surface area contributed by atoms with E-state index in [1.54, 1.807) is 22.5 Å².